The molecule has 2 heteroatoms. The van der Waals surface area contributed by atoms with E-state index in [2.05, 4.69) is 37.4 Å². The molecule has 110 valence electrons. The molecule has 1 heterocycles. The van der Waals surface area contributed by atoms with Crippen LogP contribution >= 0.6 is 0 Å². The van der Waals surface area contributed by atoms with Crippen LogP contribution in [0.15, 0.2) is 18.2 Å². The van der Waals surface area contributed by atoms with E-state index < -0.39 is 0 Å². The molecule has 1 aliphatic heterocycles. The van der Waals surface area contributed by atoms with Gasteiger partial charge in [-0.2, -0.15) is 0 Å². The van der Waals surface area contributed by atoms with Crippen molar-refractivity contribution >= 4 is 0 Å². The first kappa shape index (κ1) is 13.9. The lowest BCUT2D eigenvalue weighted by Gasteiger charge is -2.22. The Morgan fingerprint density at radius 1 is 1.30 bits per heavy atom. The van der Waals surface area contributed by atoms with E-state index in [0.717, 1.165) is 25.2 Å². The number of hydrogen-bond donors (Lipinski definition) is 1. The predicted molar refractivity (Wildman–Crippen MR) is 83.3 cm³/mol. The minimum Gasteiger partial charge on any atom is -0.493 e. The second-order valence-electron chi connectivity index (χ2n) is 6.56. The van der Waals surface area contributed by atoms with Crippen molar-refractivity contribution in [3.8, 4) is 5.75 Å². The summed E-state index contributed by atoms with van der Waals surface area (Å²) in [5.41, 5.74) is 3.45. The summed E-state index contributed by atoms with van der Waals surface area (Å²) in [6.45, 7) is 6.62. The second kappa shape index (κ2) is 5.77. The fourth-order valence-electron chi connectivity index (χ4n) is 3.48. The lowest BCUT2D eigenvalue weighted by Crippen LogP contribution is -2.28. The maximum atomic E-state index is 5.60. The Bertz CT molecular complexity index is 464. The topological polar surface area (TPSA) is 21.3 Å². The molecule has 0 spiro atoms. The highest BCUT2D eigenvalue weighted by molar-refractivity contribution is 5.40. The molecule has 0 radical (unpaired) electrons. The molecule has 1 saturated carbocycles. The predicted octanol–water partition coefficient (Wildman–Crippen LogP) is 4.24. The van der Waals surface area contributed by atoms with E-state index in [0.29, 0.717) is 11.5 Å². The van der Waals surface area contributed by atoms with Crippen LogP contribution in [0.25, 0.3) is 0 Å². The molecule has 0 aromatic heterocycles. The van der Waals surface area contributed by atoms with Crippen molar-refractivity contribution in [1.82, 2.24) is 5.32 Å². The summed E-state index contributed by atoms with van der Waals surface area (Å²) >= 11 is 0. The minimum absolute atomic E-state index is 0.496. The van der Waals surface area contributed by atoms with E-state index in [4.69, 9.17) is 4.74 Å². The normalized spacial score (nSPS) is 20.3. The molecule has 3 rings (SSSR count). The molecule has 1 aromatic carbocycles. The van der Waals surface area contributed by atoms with E-state index in [1.54, 1.807) is 0 Å². The highest BCUT2D eigenvalue weighted by Crippen LogP contribution is 2.49. The smallest absolute Gasteiger partial charge is 0.122 e. The SMILES string of the molecule is CCCC1(CNC(CC)c2ccc3c(c2)CCO3)CC1. The largest absolute Gasteiger partial charge is 0.493 e. The zero-order chi connectivity index (χ0) is 14.0. The van der Waals surface area contributed by atoms with Crippen molar-refractivity contribution in [1.29, 1.82) is 0 Å². The third-order valence-electron chi connectivity index (χ3n) is 4.99. The van der Waals surface area contributed by atoms with Gasteiger partial charge in [0.2, 0.25) is 0 Å². The van der Waals surface area contributed by atoms with Crippen LogP contribution in [0.4, 0.5) is 0 Å². The van der Waals surface area contributed by atoms with Gasteiger partial charge in [0.05, 0.1) is 6.61 Å². The highest BCUT2D eigenvalue weighted by atomic mass is 16.5. The molecule has 1 unspecified atom stereocenters. The quantitative estimate of drug-likeness (QED) is 0.802. The summed E-state index contributed by atoms with van der Waals surface area (Å²) in [4.78, 5) is 0. The molecule has 0 bridgehead atoms. The van der Waals surface area contributed by atoms with Crippen LogP contribution in [0.5, 0.6) is 5.75 Å². The molecule has 0 saturated heterocycles. The third kappa shape index (κ3) is 2.85. The van der Waals surface area contributed by atoms with Crippen LogP contribution < -0.4 is 10.1 Å². The minimum atomic E-state index is 0.496. The van der Waals surface area contributed by atoms with Crippen LogP contribution in [0, 0.1) is 5.41 Å². The highest BCUT2D eigenvalue weighted by Gasteiger charge is 2.41. The first-order valence-corrected chi connectivity index (χ1v) is 8.25. The number of benzene rings is 1. The van der Waals surface area contributed by atoms with Gasteiger partial charge in [0.15, 0.2) is 0 Å². The maximum Gasteiger partial charge on any atom is 0.122 e. The standard InChI is InChI=1S/C18H27NO/c1-3-8-18(9-10-18)13-19-16(4-2)14-5-6-17-15(12-14)7-11-20-17/h5-6,12,16,19H,3-4,7-11,13H2,1-2H3. The maximum absolute atomic E-state index is 5.60. The molecular weight excluding hydrogens is 246 g/mol. The number of hydrogen-bond acceptors (Lipinski definition) is 2. The molecule has 2 nitrogen and oxygen atoms in total. The lowest BCUT2D eigenvalue weighted by molar-refractivity contribution is 0.356. The lowest BCUT2D eigenvalue weighted by atomic mass is 9.97. The van der Waals surface area contributed by atoms with Gasteiger partial charge in [-0.25, -0.2) is 0 Å². The van der Waals surface area contributed by atoms with Crippen molar-refractivity contribution in [2.45, 2.75) is 58.4 Å². The van der Waals surface area contributed by atoms with Crippen molar-refractivity contribution in [2.75, 3.05) is 13.2 Å². The molecule has 1 aromatic rings. The van der Waals surface area contributed by atoms with E-state index in [1.165, 1.54) is 43.4 Å². The van der Waals surface area contributed by atoms with Crippen LogP contribution in [0.3, 0.4) is 0 Å². The number of nitrogens with one attached hydrogen (secondary N) is 1. The van der Waals surface area contributed by atoms with E-state index in [9.17, 15) is 0 Å². The van der Waals surface area contributed by atoms with Gasteiger partial charge >= 0.3 is 0 Å². The first-order valence-electron chi connectivity index (χ1n) is 8.25. The van der Waals surface area contributed by atoms with Gasteiger partial charge in [0, 0.05) is 19.0 Å². The zero-order valence-electron chi connectivity index (χ0n) is 12.9. The molecule has 2 aliphatic rings. The first-order chi connectivity index (χ1) is 9.76. The van der Waals surface area contributed by atoms with Gasteiger partial charge in [-0.15, -0.1) is 0 Å². The van der Waals surface area contributed by atoms with Gasteiger partial charge in [-0.05, 0) is 48.3 Å². The molecule has 1 N–H and O–H groups in total. The summed E-state index contributed by atoms with van der Waals surface area (Å²) < 4.78 is 5.60. The van der Waals surface area contributed by atoms with Gasteiger partial charge in [0.1, 0.15) is 5.75 Å². The van der Waals surface area contributed by atoms with Gasteiger partial charge in [0.25, 0.3) is 0 Å². The van der Waals surface area contributed by atoms with Crippen molar-refractivity contribution in [3.05, 3.63) is 29.3 Å². The molecular formula is C18H27NO. The fourth-order valence-corrected chi connectivity index (χ4v) is 3.48. The number of rotatable bonds is 7. The van der Waals surface area contributed by atoms with E-state index in [1.807, 2.05) is 0 Å². The molecule has 0 amide bonds. The van der Waals surface area contributed by atoms with Crippen molar-refractivity contribution in [2.24, 2.45) is 5.41 Å². The Morgan fingerprint density at radius 3 is 2.85 bits per heavy atom. The molecule has 1 fully saturated rings. The summed E-state index contributed by atoms with van der Waals surface area (Å²) in [5.74, 6) is 1.09. The second-order valence-corrected chi connectivity index (χ2v) is 6.56. The molecule has 1 aliphatic carbocycles. The number of fused-ring (bicyclic) bond motifs is 1. The Morgan fingerprint density at radius 2 is 2.15 bits per heavy atom. The third-order valence-corrected chi connectivity index (χ3v) is 4.99. The van der Waals surface area contributed by atoms with Gasteiger partial charge in [-0.1, -0.05) is 32.4 Å². The molecule has 1 atom stereocenters. The van der Waals surface area contributed by atoms with Crippen molar-refractivity contribution < 1.29 is 4.74 Å². The summed E-state index contributed by atoms with van der Waals surface area (Å²) in [5, 5.41) is 3.82. The van der Waals surface area contributed by atoms with Gasteiger partial charge in [-0.3, -0.25) is 0 Å². The van der Waals surface area contributed by atoms with Crippen LogP contribution in [0.2, 0.25) is 0 Å². The Labute approximate surface area is 122 Å². The van der Waals surface area contributed by atoms with Crippen LogP contribution in [0.1, 0.15) is 63.1 Å². The summed E-state index contributed by atoms with van der Waals surface area (Å²) in [7, 11) is 0. The average Bonchev–Trinajstić information content (AvgIpc) is 3.06. The zero-order valence-corrected chi connectivity index (χ0v) is 12.9. The Balaban J connectivity index is 1.64. The van der Waals surface area contributed by atoms with E-state index >= 15 is 0 Å². The van der Waals surface area contributed by atoms with Gasteiger partial charge < -0.3 is 10.1 Å². The van der Waals surface area contributed by atoms with Crippen LogP contribution in [-0.4, -0.2) is 13.2 Å². The monoisotopic (exact) mass is 273 g/mol. The average molecular weight is 273 g/mol. The Kier molecular flexibility index (Phi) is 4.02. The van der Waals surface area contributed by atoms with Crippen LogP contribution in [-0.2, 0) is 6.42 Å². The summed E-state index contributed by atoms with van der Waals surface area (Å²) in [6, 6.07) is 7.24. The van der Waals surface area contributed by atoms with Crippen molar-refractivity contribution in [3.63, 3.8) is 0 Å². The fraction of sp³-hybridized carbons (Fsp3) is 0.667. The molecule has 20 heavy (non-hydrogen) atoms. The number of ether oxygens (including phenoxy) is 1. The van der Waals surface area contributed by atoms with E-state index in [-0.39, 0.29) is 0 Å². The Hall–Kier alpha value is -1.02. The summed E-state index contributed by atoms with van der Waals surface area (Å²) in [6.07, 6.45) is 7.76.